The van der Waals surface area contributed by atoms with Gasteiger partial charge in [0, 0.05) is 28.8 Å². The fraction of sp³-hybridized carbons (Fsp3) is 0. The van der Waals surface area contributed by atoms with Gasteiger partial charge >= 0.3 is 0 Å². The second-order valence-electron chi connectivity index (χ2n) is 4.66. The highest BCUT2D eigenvalue weighted by atomic mass is 32.1. The molecule has 0 bridgehead atoms. The molecule has 0 aliphatic carbocycles. The fourth-order valence-corrected chi connectivity index (χ4v) is 2.69. The first-order chi connectivity index (χ1) is 11.1. The standard InChI is InChI=1S/C16H11N3O3S/c20-15(17-12-4-2-1-3-5-12)16-18-14(10-23-16)11-6-8-13(9-7-11)19(21)22/h1-10H,(H,17,20). The minimum absolute atomic E-state index is 0.0195. The van der Waals surface area contributed by atoms with Gasteiger partial charge in [0.1, 0.15) is 0 Å². The Hall–Kier alpha value is -3.06. The molecule has 0 unspecified atom stereocenters. The predicted molar refractivity (Wildman–Crippen MR) is 88.6 cm³/mol. The normalized spacial score (nSPS) is 10.3. The molecule has 0 atom stereocenters. The molecule has 3 rings (SSSR count). The number of carbonyl (C=O) groups excluding carboxylic acids is 1. The number of benzene rings is 2. The van der Waals surface area contributed by atoms with E-state index in [4.69, 9.17) is 0 Å². The molecule has 114 valence electrons. The Kier molecular flexibility index (Phi) is 4.11. The van der Waals surface area contributed by atoms with Crippen LogP contribution in [0, 0.1) is 10.1 Å². The van der Waals surface area contributed by atoms with Crippen molar-refractivity contribution >= 4 is 28.6 Å². The van der Waals surface area contributed by atoms with Crippen molar-refractivity contribution in [3.05, 3.63) is 75.1 Å². The maximum Gasteiger partial charge on any atom is 0.284 e. The molecule has 1 aromatic heterocycles. The van der Waals surface area contributed by atoms with Gasteiger partial charge in [-0.3, -0.25) is 14.9 Å². The van der Waals surface area contributed by atoms with E-state index in [-0.39, 0.29) is 11.6 Å². The van der Waals surface area contributed by atoms with Crippen LogP contribution in [0.1, 0.15) is 9.80 Å². The summed E-state index contributed by atoms with van der Waals surface area (Å²) in [7, 11) is 0. The van der Waals surface area contributed by atoms with Gasteiger partial charge in [0.15, 0.2) is 5.01 Å². The van der Waals surface area contributed by atoms with Gasteiger partial charge in [0.2, 0.25) is 0 Å². The number of nitro benzene ring substituents is 1. The quantitative estimate of drug-likeness (QED) is 0.581. The maximum absolute atomic E-state index is 12.1. The van der Waals surface area contributed by atoms with Gasteiger partial charge in [0.25, 0.3) is 11.6 Å². The van der Waals surface area contributed by atoms with Crippen molar-refractivity contribution < 1.29 is 9.72 Å². The number of nitrogens with one attached hydrogen (secondary N) is 1. The van der Waals surface area contributed by atoms with Crippen molar-refractivity contribution in [3.63, 3.8) is 0 Å². The second kappa shape index (κ2) is 6.37. The highest BCUT2D eigenvalue weighted by molar-refractivity contribution is 7.12. The molecule has 6 nitrogen and oxygen atoms in total. The van der Waals surface area contributed by atoms with Crippen molar-refractivity contribution in [3.8, 4) is 11.3 Å². The summed E-state index contributed by atoms with van der Waals surface area (Å²) < 4.78 is 0. The number of hydrogen-bond acceptors (Lipinski definition) is 5. The van der Waals surface area contributed by atoms with Crippen LogP contribution >= 0.6 is 11.3 Å². The summed E-state index contributed by atoms with van der Waals surface area (Å²) in [5.41, 5.74) is 2.06. The number of anilines is 1. The highest BCUT2D eigenvalue weighted by Gasteiger charge is 2.13. The van der Waals surface area contributed by atoms with E-state index in [9.17, 15) is 14.9 Å². The molecular weight excluding hydrogens is 314 g/mol. The first kappa shape index (κ1) is 14.9. The van der Waals surface area contributed by atoms with Gasteiger partial charge in [0.05, 0.1) is 10.6 Å². The van der Waals surface area contributed by atoms with Crippen LogP contribution in [0.5, 0.6) is 0 Å². The zero-order valence-corrected chi connectivity index (χ0v) is 12.6. The molecule has 3 aromatic rings. The van der Waals surface area contributed by atoms with Gasteiger partial charge in [-0.2, -0.15) is 0 Å². The molecule has 0 aliphatic heterocycles. The van der Waals surface area contributed by atoms with E-state index in [2.05, 4.69) is 10.3 Å². The van der Waals surface area contributed by atoms with Crippen LogP contribution in [0.15, 0.2) is 60.0 Å². The van der Waals surface area contributed by atoms with E-state index in [1.165, 1.54) is 23.5 Å². The predicted octanol–water partition coefficient (Wildman–Crippen LogP) is 3.97. The fourth-order valence-electron chi connectivity index (χ4n) is 1.97. The van der Waals surface area contributed by atoms with Crippen molar-refractivity contribution in [2.75, 3.05) is 5.32 Å². The smallest absolute Gasteiger partial charge is 0.284 e. The number of para-hydroxylation sites is 1. The molecule has 0 saturated carbocycles. The summed E-state index contributed by atoms with van der Waals surface area (Å²) in [4.78, 5) is 26.6. The molecule has 0 fully saturated rings. The number of hydrogen-bond donors (Lipinski definition) is 1. The van der Waals surface area contributed by atoms with Crippen LogP contribution in [-0.2, 0) is 0 Å². The molecule has 2 aromatic carbocycles. The third kappa shape index (κ3) is 3.41. The summed E-state index contributed by atoms with van der Waals surface area (Å²) in [5.74, 6) is -0.283. The Morgan fingerprint density at radius 2 is 1.78 bits per heavy atom. The van der Waals surface area contributed by atoms with E-state index < -0.39 is 4.92 Å². The van der Waals surface area contributed by atoms with Crippen LogP contribution in [-0.4, -0.2) is 15.8 Å². The van der Waals surface area contributed by atoms with Crippen LogP contribution in [0.25, 0.3) is 11.3 Å². The minimum Gasteiger partial charge on any atom is -0.320 e. The molecule has 1 amide bonds. The summed E-state index contributed by atoms with van der Waals surface area (Å²) in [6.45, 7) is 0. The Bertz CT molecular complexity index is 845. The molecule has 0 aliphatic rings. The molecule has 23 heavy (non-hydrogen) atoms. The van der Waals surface area contributed by atoms with Gasteiger partial charge in [-0.25, -0.2) is 4.98 Å². The number of nitrogens with zero attached hydrogens (tertiary/aromatic N) is 2. The van der Waals surface area contributed by atoms with Crippen molar-refractivity contribution in [2.45, 2.75) is 0 Å². The van der Waals surface area contributed by atoms with E-state index in [1.807, 2.05) is 18.2 Å². The van der Waals surface area contributed by atoms with Gasteiger partial charge in [-0.15, -0.1) is 11.3 Å². The lowest BCUT2D eigenvalue weighted by molar-refractivity contribution is -0.384. The molecule has 0 spiro atoms. The highest BCUT2D eigenvalue weighted by Crippen LogP contribution is 2.24. The van der Waals surface area contributed by atoms with Crippen molar-refractivity contribution in [1.29, 1.82) is 0 Å². The average Bonchev–Trinajstić information content (AvgIpc) is 3.06. The number of non-ortho nitro benzene ring substituents is 1. The maximum atomic E-state index is 12.1. The zero-order valence-electron chi connectivity index (χ0n) is 11.8. The summed E-state index contributed by atoms with van der Waals surface area (Å²) >= 11 is 1.23. The van der Waals surface area contributed by atoms with Crippen LogP contribution in [0.2, 0.25) is 0 Å². The van der Waals surface area contributed by atoms with E-state index >= 15 is 0 Å². The molecule has 1 heterocycles. The van der Waals surface area contributed by atoms with Crippen molar-refractivity contribution in [2.24, 2.45) is 0 Å². The third-order valence-electron chi connectivity index (χ3n) is 3.10. The van der Waals surface area contributed by atoms with Gasteiger partial charge in [-0.05, 0) is 24.3 Å². The molecule has 1 N–H and O–H groups in total. The van der Waals surface area contributed by atoms with Crippen LogP contribution in [0.4, 0.5) is 11.4 Å². The third-order valence-corrected chi connectivity index (χ3v) is 3.95. The lowest BCUT2D eigenvalue weighted by Crippen LogP contribution is -2.11. The Morgan fingerprint density at radius 3 is 2.43 bits per heavy atom. The van der Waals surface area contributed by atoms with Crippen LogP contribution < -0.4 is 5.32 Å². The summed E-state index contributed by atoms with van der Waals surface area (Å²) in [6, 6.07) is 15.2. The van der Waals surface area contributed by atoms with E-state index in [0.29, 0.717) is 16.4 Å². The van der Waals surface area contributed by atoms with Gasteiger partial charge in [-0.1, -0.05) is 18.2 Å². The molecular formula is C16H11N3O3S. The molecule has 7 heteroatoms. The lowest BCUT2D eigenvalue weighted by Gasteiger charge is -2.01. The first-order valence-electron chi connectivity index (χ1n) is 6.70. The first-order valence-corrected chi connectivity index (χ1v) is 7.58. The van der Waals surface area contributed by atoms with Gasteiger partial charge < -0.3 is 5.32 Å². The number of carbonyl (C=O) groups is 1. The number of rotatable bonds is 4. The SMILES string of the molecule is O=C(Nc1ccccc1)c1nc(-c2ccc([N+](=O)[O-])cc2)cs1. The number of amides is 1. The number of nitro groups is 1. The Balaban J connectivity index is 1.77. The molecule has 0 saturated heterocycles. The Morgan fingerprint density at radius 1 is 1.09 bits per heavy atom. The minimum atomic E-state index is -0.455. The topological polar surface area (TPSA) is 85.1 Å². The molecule has 0 radical (unpaired) electrons. The second-order valence-corrected chi connectivity index (χ2v) is 5.52. The number of thiazole rings is 1. The summed E-state index contributed by atoms with van der Waals surface area (Å²) in [6.07, 6.45) is 0. The van der Waals surface area contributed by atoms with Crippen molar-refractivity contribution in [1.82, 2.24) is 4.98 Å². The average molecular weight is 325 g/mol. The largest absolute Gasteiger partial charge is 0.320 e. The monoisotopic (exact) mass is 325 g/mol. The van der Waals surface area contributed by atoms with Crippen LogP contribution in [0.3, 0.4) is 0 Å². The number of aromatic nitrogens is 1. The lowest BCUT2D eigenvalue weighted by atomic mass is 10.1. The zero-order chi connectivity index (χ0) is 16.2. The van der Waals surface area contributed by atoms with E-state index in [0.717, 1.165) is 5.56 Å². The Labute approximate surface area is 135 Å². The van der Waals surface area contributed by atoms with E-state index in [1.54, 1.807) is 29.6 Å². The summed E-state index contributed by atoms with van der Waals surface area (Å²) in [5, 5.41) is 15.5.